The Hall–Kier alpha value is -2.67. The van der Waals surface area contributed by atoms with E-state index in [1.54, 1.807) is 18.2 Å². The van der Waals surface area contributed by atoms with Gasteiger partial charge >= 0.3 is 0 Å². The smallest absolute Gasteiger partial charge is 0.263 e. The highest BCUT2D eigenvalue weighted by atomic mass is 32.2. The van der Waals surface area contributed by atoms with Gasteiger partial charge in [-0.2, -0.15) is 0 Å². The van der Waals surface area contributed by atoms with E-state index in [9.17, 15) is 18.5 Å². The van der Waals surface area contributed by atoms with E-state index in [0.29, 0.717) is 5.69 Å². The minimum Gasteiger partial charge on any atom is -0.263 e. The van der Waals surface area contributed by atoms with Crippen LogP contribution in [0, 0.1) is 17.0 Å². The van der Waals surface area contributed by atoms with Crippen LogP contribution in [0.3, 0.4) is 0 Å². The largest absolute Gasteiger partial charge is 0.269 e. The van der Waals surface area contributed by atoms with Crippen molar-refractivity contribution in [3.05, 3.63) is 76.9 Å². The van der Waals surface area contributed by atoms with Crippen LogP contribution >= 0.6 is 0 Å². The quantitative estimate of drug-likeness (QED) is 0.462. The van der Waals surface area contributed by atoms with Gasteiger partial charge in [-0.3, -0.25) is 14.4 Å². The lowest BCUT2D eigenvalue weighted by atomic mass is 10.2. The molecule has 0 aliphatic rings. The predicted molar refractivity (Wildman–Crippen MR) is 89.0 cm³/mol. The molecular formula is C16H16N2O4S. The lowest BCUT2D eigenvalue weighted by Gasteiger charge is -2.23. The molecule has 0 bridgehead atoms. The van der Waals surface area contributed by atoms with Crippen LogP contribution in [0.5, 0.6) is 0 Å². The average Bonchev–Trinajstić information content (AvgIpc) is 2.52. The first kappa shape index (κ1) is 16.7. The first-order valence-electron chi connectivity index (χ1n) is 6.81. The Morgan fingerprint density at radius 1 is 1.22 bits per heavy atom. The summed E-state index contributed by atoms with van der Waals surface area (Å²) in [5.41, 5.74) is 1.29. The molecule has 7 heteroatoms. The molecule has 0 heterocycles. The molecule has 0 radical (unpaired) electrons. The Bertz CT molecular complexity index is 829. The van der Waals surface area contributed by atoms with E-state index in [4.69, 9.17) is 0 Å². The summed E-state index contributed by atoms with van der Waals surface area (Å²) in [6.45, 7) is 5.57. The van der Waals surface area contributed by atoms with Gasteiger partial charge in [0.25, 0.3) is 15.7 Å². The fourth-order valence-electron chi connectivity index (χ4n) is 2.11. The van der Waals surface area contributed by atoms with E-state index in [-0.39, 0.29) is 17.1 Å². The van der Waals surface area contributed by atoms with Crippen molar-refractivity contribution in [3.63, 3.8) is 0 Å². The van der Waals surface area contributed by atoms with Gasteiger partial charge in [-0.15, -0.1) is 6.58 Å². The number of nitrogens with zero attached hydrogens (tertiary/aromatic N) is 2. The van der Waals surface area contributed by atoms with E-state index in [1.807, 2.05) is 13.0 Å². The molecule has 0 N–H and O–H groups in total. The Balaban J connectivity index is 2.48. The van der Waals surface area contributed by atoms with E-state index in [1.165, 1.54) is 34.6 Å². The number of nitro benzene ring substituents is 1. The number of hydrogen-bond donors (Lipinski definition) is 0. The number of nitro groups is 1. The van der Waals surface area contributed by atoms with Crippen LogP contribution in [-0.2, 0) is 10.0 Å². The van der Waals surface area contributed by atoms with Crippen molar-refractivity contribution in [1.29, 1.82) is 0 Å². The SMILES string of the molecule is C=CCN(c1cccc(C)c1)S(=O)(=O)c1ccc([N+](=O)[O-])cc1. The molecule has 0 fully saturated rings. The highest BCUT2D eigenvalue weighted by molar-refractivity contribution is 7.92. The maximum atomic E-state index is 12.8. The minimum atomic E-state index is -3.84. The third-order valence-electron chi connectivity index (χ3n) is 3.22. The standard InChI is InChI=1S/C16H16N2O4S/c1-3-11-17(15-6-4-5-13(2)12-15)23(21,22)16-9-7-14(8-10-16)18(19)20/h3-10,12H,1,11H2,2H3. The van der Waals surface area contributed by atoms with E-state index < -0.39 is 14.9 Å². The highest BCUT2D eigenvalue weighted by Gasteiger charge is 2.24. The van der Waals surface area contributed by atoms with Gasteiger partial charge in [0.15, 0.2) is 0 Å². The Kier molecular flexibility index (Phi) is 4.80. The lowest BCUT2D eigenvalue weighted by molar-refractivity contribution is -0.384. The monoisotopic (exact) mass is 332 g/mol. The van der Waals surface area contributed by atoms with Gasteiger partial charge in [-0.25, -0.2) is 8.42 Å². The van der Waals surface area contributed by atoms with Crippen LogP contribution in [0.2, 0.25) is 0 Å². The lowest BCUT2D eigenvalue weighted by Crippen LogP contribution is -2.31. The van der Waals surface area contributed by atoms with Crippen molar-refractivity contribution in [2.45, 2.75) is 11.8 Å². The molecular weight excluding hydrogens is 316 g/mol. The maximum Gasteiger partial charge on any atom is 0.269 e. The molecule has 0 unspecified atom stereocenters. The number of sulfonamides is 1. The summed E-state index contributed by atoms with van der Waals surface area (Å²) in [5.74, 6) is 0. The van der Waals surface area contributed by atoms with Crippen molar-refractivity contribution in [3.8, 4) is 0 Å². The number of aryl methyl sites for hydroxylation is 1. The number of hydrogen-bond acceptors (Lipinski definition) is 4. The maximum absolute atomic E-state index is 12.8. The normalized spacial score (nSPS) is 11.0. The van der Waals surface area contributed by atoms with Crippen LogP contribution in [0.15, 0.2) is 66.1 Å². The van der Waals surface area contributed by atoms with Crippen LogP contribution in [0.1, 0.15) is 5.56 Å². The van der Waals surface area contributed by atoms with Crippen LogP contribution < -0.4 is 4.31 Å². The molecule has 6 nitrogen and oxygen atoms in total. The number of non-ortho nitro benzene ring substituents is 1. The summed E-state index contributed by atoms with van der Waals surface area (Å²) < 4.78 is 26.9. The molecule has 0 saturated heterocycles. The van der Waals surface area contributed by atoms with Crippen LogP contribution in [0.25, 0.3) is 0 Å². The molecule has 0 aliphatic carbocycles. The zero-order valence-corrected chi connectivity index (χ0v) is 13.4. The summed E-state index contributed by atoms with van der Waals surface area (Å²) in [5, 5.41) is 10.7. The van der Waals surface area contributed by atoms with E-state index >= 15 is 0 Å². The van der Waals surface area contributed by atoms with Crippen molar-refractivity contribution < 1.29 is 13.3 Å². The zero-order chi connectivity index (χ0) is 17.0. The molecule has 23 heavy (non-hydrogen) atoms. The van der Waals surface area contributed by atoms with Gasteiger partial charge < -0.3 is 0 Å². The second kappa shape index (κ2) is 6.62. The Morgan fingerprint density at radius 2 is 1.87 bits per heavy atom. The molecule has 0 aromatic heterocycles. The fraction of sp³-hybridized carbons (Fsp3) is 0.125. The van der Waals surface area contributed by atoms with Crippen molar-refractivity contribution in [1.82, 2.24) is 0 Å². The molecule has 0 atom stereocenters. The molecule has 2 rings (SSSR count). The Morgan fingerprint density at radius 3 is 2.39 bits per heavy atom. The minimum absolute atomic E-state index is 0.00791. The van der Waals surface area contributed by atoms with Gasteiger partial charge in [0.1, 0.15) is 0 Å². The van der Waals surface area contributed by atoms with Crippen molar-refractivity contribution >= 4 is 21.4 Å². The second-order valence-corrected chi connectivity index (χ2v) is 6.78. The average molecular weight is 332 g/mol. The highest BCUT2D eigenvalue weighted by Crippen LogP contribution is 2.25. The van der Waals surface area contributed by atoms with Crippen molar-refractivity contribution in [2.75, 3.05) is 10.8 Å². The summed E-state index contributed by atoms with van der Waals surface area (Å²) in [4.78, 5) is 10.1. The summed E-state index contributed by atoms with van der Waals surface area (Å²) in [7, 11) is -3.84. The zero-order valence-electron chi connectivity index (χ0n) is 12.5. The van der Waals surface area contributed by atoms with Gasteiger partial charge in [-0.1, -0.05) is 18.2 Å². The fourth-order valence-corrected chi connectivity index (χ4v) is 3.54. The third kappa shape index (κ3) is 3.57. The second-order valence-electron chi connectivity index (χ2n) is 4.91. The first-order chi connectivity index (χ1) is 10.9. The number of anilines is 1. The molecule has 0 saturated carbocycles. The van der Waals surface area contributed by atoms with Gasteiger partial charge in [0.05, 0.1) is 22.1 Å². The number of rotatable bonds is 6. The van der Waals surface area contributed by atoms with E-state index in [2.05, 4.69) is 6.58 Å². The number of benzene rings is 2. The summed E-state index contributed by atoms with van der Waals surface area (Å²) in [6, 6.07) is 11.9. The first-order valence-corrected chi connectivity index (χ1v) is 8.25. The molecule has 2 aromatic rings. The van der Waals surface area contributed by atoms with E-state index in [0.717, 1.165) is 5.56 Å². The van der Waals surface area contributed by atoms with Gasteiger partial charge in [0, 0.05) is 12.1 Å². The van der Waals surface area contributed by atoms with Crippen molar-refractivity contribution in [2.24, 2.45) is 0 Å². The summed E-state index contributed by atoms with van der Waals surface area (Å²) in [6.07, 6.45) is 1.49. The van der Waals surface area contributed by atoms with Crippen LogP contribution in [-0.4, -0.2) is 19.9 Å². The molecule has 0 spiro atoms. The topological polar surface area (TPSA) is 80.5 Å². The molecule has 0 aliphatic heterocycles. The molecule has 120 valence electrons. The predicted octanol–water partition coefficient (Wildman–Crippen LogP) is 3.28. The van der Waals surface area contributed by atoms with Crippen LogP contribution in [0.4, 0.5) is 11.4 Å². The van der Waals surface area contributed by atoms with Gasteiger partial charge in [-0.05, 0) is 36.8 Å². The summed E-state index contributed by atoms with van der Waals surface area (Å²) >= 11 is 0. The third-order valence-corrected chi connectivity index (χ3v) is 5.03. The van der Waals surface area contributed by atoms with Gasteiger partial charge in [0.2, 0.25) is 0 Å². The Labute approximate surface area is 134 Å². The molecule has 2 aromatic carbocycles. The molecule has 0 amide bonds.